The number of aromatic nitrogens is 2. The fourth-order valence-corrected chi connectivity index (χ4v) is 3.46. The number of amides is 1. The molecule has 0 aliphatic rings. The average Bonchev–Trinajstić information content (AvgIpc) is 3.07. The summed E-state index contributed by atoms with van der Waals surface area (Å²) in [5.74, 6) is 1.54. The molecule has 0 saturated heterocycles. The molecule has 9 heteroatoms. The van der Waals surface area contributed by atoms with Gasteiger partial charge in [0.2, 0.25) is 0 Å². The van der Waals surface area contributed by atoms with Crippen molar-refractivity contribution in [3.05, 3.63) is 64.9 Å². The molecule has 0 unspecified atom stereocenters. The quantitative estimate of drug-likeness (QED) is 0.172. The maximum absolute atomic E-state index is 12.1. The second-order valence-corrected chi connectivity index (χ2v) is 7.22. The van der Waals surface area contributed by atoms with Gasteiger partial charge in [0.05, 0.1) is 21.6 Å². The molecule has 0 radical (unpaired) electrons. The predicted molar refractivity (Wildman–Crippen MR) is 138 cm³/mol. The summed E-state index contributed by atoms with van der Waals surface area (Å²) in [4.78, 5) is 21.0. The number of fused-ring (bicyclic) bond motifs is 1. The van der Waals surface area contributed by atoms with E-state index in [1.807, 2.05) is 25.1 Å². The average molecular weight is 555 g/mol. The lowest BCUT2D eigenvalue weighted by atomic mass is 10.2. The number of guanidine groups is 1. The summed E-state index contributed by atoms with van der Waals surface area (Å²) in [6.07, 6.45) is 0.936. The van der Waals surface area contributed by atoms with Crippen LogP contribution in [0.4, 0.5) is 0 Å². The Morgan fingerprint density at radius 1 is 1.03 bits per heavy atom. The van der Waals surface area contributed by atoms with Gasteiger partial charge in [0.25, 0.3) is 5.91 Å². The summed E-state index contributed by atoms with van der Waals surface area (Å²) in [7, 11) is 1.73. The molecule has 0 atom stereocenters. The molecule has 0 bridgehead atoms. The number of halogens is 2. The minimum atomic E-state index is -0.187. The summed E-state index contributed by atoms with van der Waals surface area (Å²) in [6.45, 7) is 4.71. The lowest BCUT2D eigenvalue weighted by Crippen LogP contribution is -2.42. The molecular formula is C22H28ClIN6O. The van der Waals surface area contributed by atoms with Crippen LogP contribution in [0.5, 0.6) is 0 Å². The highest BCUT2D eigenvalue weighted by atomic mass is 127. The van der Waals surface area contributed by atoms with E-state index < -0.39 is 0 Å². The van der Waals surface area contributed by atoms with Gasteiger partial charge in [0.15, 0.2) is 5.96 Å². The van der Waals surface area contributed by atoms with Gasteiger partial charge in [0.1, 0.15) is 5.82 Å². The van der Waals surface area contributed by atoms with E-state index in [1.165, 1.54) is 0 Å². The van der Waals surface area contributed by atoms with Gasteiger partial charge in [0, 0.05) is 33.2 Å². The third-order valence-corrected chi connectivity index (χ3v) is 5.07. The minimum Gasteiger partial charge on any atom is -0.356 e. The molecule has 0 aliphatic heterocycles. The fourth-order valence-electron chi connectivity index (χ4n) is 3.24. The van der Waals surface area contributed by atoms with Gasteiger partial charge < -0.3 is 20.5 Å². The Bertz CT molecular complexity index is 1040. The molecule has 7 nitrogen and oxygen atoms in total. The largest absolute Gasteiger partial charge is 0.356 e. The number of imidazole rings is 1. The van der Waals surface area contributed by atoms with Crippen LogP contribution in [0.1, 0.15) is 22.6 Å². The van der Waals surface area contributed by atoms with Crippen LogP contribution in [0.15, 0.2) is 53.5 Å². The molecule has 3 aromatic rings. The van der Waals surface area contributed by atoms with E-state index in [1.54, 1.807) is 31.3 Å². The van der Waals surface area contributed by atoms with Crippen LogP contribution in [0.3, 0.4) is 0 Å². The van der Waals surface area contributed by atoms with Crippen molar-refractivity contribution < 1.29 is 4.79 Å². The summed E-state index contributed by atoms with van der Waals surface area (Å²) < 4.78 is 2.23. The first kappa shape index (κ1) is 24.9. The van der Waals surface area contributed by atoms with Crippen molar-refractivity contribution in [2.45, 2.75) is 19.9 Å². The standard InChI is InChI=1S/C22H27ClN6O.HI/c1-16-28-19-10-5-6-11-20(19)29(16)15-7-12-26-22(24-2)27-14-13-25-21(30)17-8-3-4-9-18(17)23;/h3-6,8-11H,7,12-15H2,1-2H3,(H,25,30)(H2,24,26,27);1H. The zero-order valence-electron chi connectivity index (χ0n) is 17.7. The summed E-state index contributed by atoms with van der Waals surface area (Å²) in [5.41, 5.74) is 2.66. The van der Waals surface area contributed by atoms with E-state index >= 15 is 0 Å². The number of hydrogen-bond acceptors (Lipinski definition) is 3. The van der Waals surface area contributed by atoms with Crippen LogP contribution in [-0.2, 0) is 6.54 Å². The Morgan fingerprint density at radius 3 is 2.48 bits per heavy atom. The van der Waals surface area contributed by atoms with Crippen LogP contribution < -0.4 is 16.0 Å². The van der Waals surface area contributed by atoms with E-state index in [4.69, 9.17) is 11.6 Å². The number of rotatable bonds is 8. The van der Waals surface area contributed by atoms with Crippen LogP contribution in [0.25, 0.3) is 11.0 Å². The predicted octanol–water partition coefficient (Wildman–Crippen LogP) is 3.60. The zero-order valence-corrected chi connectivity index (χ0v) is 20.8. The molecule has 1 aromatic heterocycles. The SMILES string of the molecule is CN=C(NCCCn1c(C)nc2ccccc21)NCCNC(=O)c1ccccc1Cl.I. The highest BCUT2D eigenvalue weighted by Crippen LogP contribution is 2.16. The second kappa shape index (κ2) is 12.5. The number of aliphatic imine (C=N–C) groups is 1. The smallest absolute Gasteiger partial charge is 0.252 e. The van der Waals surface area contributed by atoms with Gasteiger partial charge in [-0.05, 0) is 37.6 Å². The van der Waals surface area contributed by atoms with Crippen molar-refractivity contribution >= 4 is 58.5 Å². The second-order valence-electron chi connectivity index (χ2n) is 6.81. The maximum Gasteiger partial charge on any atom is 0.252 e. The van der Waals surface area contributed by atoms with Gasteiger partial charge in [-0.15, -0.1) is 24.0 Å². The van der Waals surface area contributed by atoms with Crippen molar-refractivity contribution in [3.8, 4) is 0 Å². The lowest BCUT2D eigenvalue weighted by molar-refractivity contribution is 0.0954. The Morgan fingerprint density at radius 2 is 1.71 bits per heavy atom. The first-order valence-corrected chi connectivity index (χ1v) is 10.4. The molecule has 2 aromatic carbocycles. The molecule has 166 valence electrons. The Labute approximate surface area is 204 Å². The van der Waals surface area contributed by atoms with E-state index in [0.29, 0.717) is 29.6 Å². The van der Waals surface area contributed by atoms with Gasteiger partial charge in [-0.1, -0.05) is 35.9 Å². The Balaban J connectivity index is 0.00000341. The third-order valence-electron chi connectivity index (χ3n) is 4.74. The number of carbonyl (C=O) groups is 1. The number of nitrogens with zero attached hydrogens (tertiary/aromatic N) is 3. The van der Waals surface area contributed by atoms with Crippen molar-refractivity contribution in [2.75, 3.05) is 26.7 Å². The van der Waals surface area contributed by atoms with E-state index in [0.717, 1.165) is 36.4 Å². The van der Waals surface area contributed by atoms with Crippen LogP contribution in [-0.4, -0.2) is 48.1 Å². The molecule has 1 amide bonds. The topological polar surface area (TPSA) is 83.3 Å². The van der Waals surface area contributed by atoms with Crippen molar-refractivity contribution in [2.24, 2.45) is 4.99 Å². The summed E-state index contributed by atoms with van der Waals surface area (Å²) >= 11 is 6.04. The van der Waals surface area contributed by atoms with Crippen LogP contribution >= 0.6 is 35.6 Å². The maximum atomic E-state index is 12.1. The highest BCUT2D eigenvalue weighted by Gasteiger charge is 2.09. The Hall–Kier alpha value is -2.33. The summed E-state index contributed by atoms with van der Waals surface area (Å²) in [5, 5.41) is 9.79. The monoisotopic (exact) mass is 554 g/mol. The molecule has 0 fully saturated rings. The zero-order chi connectivity index (χ0) is 21.3. The molecule has 0 saturated carbocycles. The molecule has 0 spiro atoms. The number of benzene rings is 2. The fraction of sp³-hybridized carbons (Fsp3) is 0.318. The van der Waals surface area contributed by atoms with E-state index in [9.17, 15) is 4.79 Å². The van der Waals surface area contributed by atoms with Crippen molar-refractivity contribution in [3.63, 3.8) is 0 Å². The van der Waals surface area contributed by atoms with Crippen LogP contribution in [0.2, 0.25) is 5.02 Å². The molecular weight excluding hydrogens is 527 g/mol. The number of aryl methyl sites for hydroxylation is 2. The van der Waals surface area contributed by atoms with E-state index in [-0.39, 0.29) is 29.9 Å². The molecule has 0 aliphatic carbocycles. The summed E-state index contributed by atoms with van der Waals surface area (Å²) in [6, 6.07) is 15.2. The Kier molecular flexibility index (Phi) is 10.1. The molecule has 1 heterocycles. The lowest BCUT2D eigenvalue weighted by Gasteiger charge is -2.13. The van der Waals surface area contributed by atoms with Gasteiger partial charge in [-0.2, -0.15) is 0 Å². The molecule has 3 rings (SSSR count). The normalized spacial score (nSPS) is 11.1. The number of para-hydroxylation sites is 2. The van der Waals surface area contributed by atoms with E-state index in [2.05, 4.69) is 36.6 Å². The minimum absolute atomic E-state index is 0. The number of hydrogen-bond donors (Lipinski definition) is 3. The van der Waals surface area contributed by atoms with Crippen molar-refractivity contribution in [1.29, 1.82) is 0 Å². The highest BCUT2D eigenvalue weighted by molar-refractivity contribution is 14.0. The molecule has 31 heavy (non-hydrogen) atoms. The van der Waals surface area contributed by atoms with Gasteiger partial charge in [-0.3, -0.25) is 9.79 Å². The number of nitrogens with one attached hydrogen (secondary N) is 3. The van der Waals surface area contributed by atoms with Gasteiger partial charge >= 0.3 is 0 Å². The third kappa shape index (κ3) is 6.83. The van der Waals surface area contributed by atoms with Gasteiger partial charge in [-0.25, -0.2) is 4.98 Å². The first-order chi connectivity index (χ1) is 14.6. The number of carbonyl (C=O) groups excluding carboxylic acids is 1. The molecule has 3 N–H and O–H groups in total. The first-order valence-electron chi connectivity index (χ1n) is 9.99. The van der Waals surface area contributed by atoms with Crippen molar-refractivity contribution in [1.82, 2.24) is 25.5 Å². The van der Waals surface area contributed by atoms with Crippen LogP contribution in [0, 0.1) is 6.92 Å².